The fraction of sp³-hybridized carbons (Fsp3) is 0.754. The Balaban J connectivity index is 3.46. The largest absolute Gasteiger partial charge is 0.394 e. The van der Waals surface area contributed by atoms with Crippen LogP contribution in [-0.2, 0) is 4.79 Å². The SMILES string of the molecule is CC/C=C\C/C=C\C/C=C\C/C=C\C/C=C\C/C=C\CCCCCCCCCCCCCCCCCCCCCCC(=O)NC(CO)C(O)/C=C/CCCCCCCCCCCCCC. The Bertz CT molecular complexity index is 1160. The Morgan fingerprint density at radius 2 is 0.677 bits per heavy atom. The molecule has 3 N–H and O–H groups in total. The smallest absolute Gasteiger partial charge is 0.220 e. The van der Waals surface area contributed by atoms with Gasteiger partial charge in [-0.3, -0.25) is 4.79 Å². The van der Waals surface area contributed by atoms with Crippen molar-refractivity contribution in [3.63, 3.8) is 0 Å². The summed E-state index contributed by atoms with van der Waals surface area (Å²) in [5.41, 5.74) is 0. The number of hydrogen-bond donors (Lipinski definition) is 3. The molecule has 2 unspecified atom stereocenters. The maximum atomic E-state index is 12.4. The van der Waals surface area contributed by atoms with Crippen molar-refractivity contribution in [3.8, 4) is 0 Å². The second-order valence-corrected chi connectivity index (χ2v) is 19.0. The van der Waals surface area contributed by atoms with Crippen LogP contribution in [0.4, 0.5) is 0 Å². The highest BCUT2D eigenvalue weighted by Gasteiger charge is 2.18. The van der Waals surface area contributed by atoms with Gasteiger partial charge in [0.1, 0.15) is 0 Å². The molecule has 0 aromatic carbocycles. The van der Waals surface area contributed by atoms with Gasteiger partial charge in [0.15, 0.2) is 0 Å². The number of carbonyl (C=O) groups excluding carboxylic acids is 1. The van der Waals surface area contributed by atoms with E-state index >= 15 is 0 Å². The molecule has 1 amide bonds. The van der Waals surface area contributed by atoms with Crippen LogP contribution in [0.15, 0.2) is 85.1 Å². The lowest BCUT2D eigenvalue weighted by Crippen LogP contribution is -2.45. The van der Waals surface area contributed by atoms with Crippen LogP contribution in [-0.4, -0.2) is 34.9 Å². The molecule has 0 fully saturated rings. The number of hydrogen-bond acceptors (Lipinski definition) is 3. The number of nitrogens with one attached hydrogen (secondary N) is 1. The average molecular weight is 905 g/mol. The molecule has 0 bridgehead atoms. The monoisotopic (exact) mass is 904 g/mol. The molecular weight excluding hydrogens is 795 g/mol. The maximum Gasteiger partial charge on any atom is 0.220 e. The number of amides is 1. The highest BCUT2D eigenvalue weighted by molar-refractivity contribution is 5.76. The lowest BCUT2D eigenvalue weighted by Gasteiger charge is -2.20. The second-order valence-electron chi connectivity index (χ2n) is 19.0. The number of allylic oxidation sites excluding steroid dienone is 13. The first-order valence-electron chi connectivity index (χ1n) is 28.3. The molecule has 0 rings (SSSR count). The normalized spacial score (nSPS) is 13.5. The van der Waals surface area contributed by atoms with Crippen molar-refractivity contribution in [1.82, 2.24) is 5.32 Å². The van der Waals surface area contributed by atoms with E-state index in [1.165, 1.54) is 193 Å². The van der Waals surface area contributed by atoms with Crippen LogP contribution >= 0.6 is 0 Å². The Hall–Kier alpha value is -2.43. The predicted octanol–water partition coefficient (Wildman–Crippen LogP) is 18.8. The molecule has 0 aliphatic carbocycles. The van der Waals surface area contributed by atoms with Crippen molar-refractivity contribution in [1.29, 1.82) is 0 Å². The van der Waals surface area contributed by atoms with E-state index in [1.807, 2.05) is 6.08 Å². The quantitative estimate of drug-likeness (QED) is 0.0421. The van der Waals surface area contributed by atoms with Gasteiger partial charge in [0.2, 0.25) is 5.91 Å². The molecule has 0 spiro atoms. The third-order valence-corrected chi connectivity index (χ3v) is 12.6. The molecular formula is C61H109NO3. The highest BCUT2D eigenvalue weighted by atomic mass is 16.3. The minimum absolute atomic E-state index is 0.0628. The fourth-order valence-corrected chi connectivity index (χ4v) is 8.36. The number of unbranched alkanes of at least 4 members (excludes halogenated alkanes) is 32. The third-order valence-electron chi connectivity index (χ3n) is 12.6. The molecule has 4 heteroatoms. The van der Waals surface area contributed by atoms with Gasteiger partial charge in [-0.15, -0.1) is 0 Å². The van der Waals surface area contributed by atoms with Gasteiger partial charge in [0.25, 0.3) is 0 Å². The standard InChI is InChI=1S/C61H109NO3/c1-3-5-7-9-11-13-15-17-19-20-21-22-23-24-25-26-27-28-29-30-31-32-33-34-35-36-37-38-39-40-41-42-43-45-47-49-51-53-55-57-61(65)62-59(58-63)60(64)56-54-52-50-48-46-44-18-16-14-12-10-8-6-4-2/h5,7,11,13,17,19,21-22,24-25,27-28,54,56,59-60,63-64H,3-4,6,8-10,12,14-16,18,20,23,26,29-53,55,57-58H2,1-2H3,(H,62,65)/b7-5-,13-11-,19-17-,22-21-,25-24-,28-27-,56-54+. The van der Waals surface area contributed by atoms with Crippen molar-refractivity contribution in [2.45, 2.75) is 289 Å². The topological polar surface area (TPSA) is 69.6 Å². The van der Waals surface area contributed by atoms with Gasteiger partial charge in [-0.1, -0.05) is 285 Å². The molecule has 0 aromatic rings. The van der Waals surface area contributed by atoms with E-state index in [-0.39, 0.29) is 12.5 Å². The van der Waals surface area contributed by atoms with Crippen LogP contribution in [0.2, 0.25) is 0 Å². The second kappa shape index (κ2) is 55.9. The average Bonchev–Trinajstić information content (AvgIpc) is 3.31. The summed E-state index contributed by atoms with van der Waals surface area (Å²) in [4.78, 5) is 12.4. The molecule has 0 aliphatic heterocycles. The molecule has 0 saturated carbocycles. The molecule has 376 valence electrons. The van der Waals surface area contributed by atoms with E-state index < -0.39 is 12.1 Å². The number of aliphatic hydroxyl groups excluding tert-OH is 2. The van der Waals surface area contributed by atoms with Crippen LogP contribution in [0.1, 0.15) is 277 Å². The van der Waals surface area contributed by atoms with Gasteiger partial charge in [0.05, 0.1) is 18.8 Å². The minimum atomic E-state index is -0.840. The molecule has 0 heterocycles. The van der Waals surface area contributed by atoms with E-state index in [9.17, 15) is 15.0 Å². The molecule has 0 aliphatic rings. The molecule has 4 nitrogen and oxygen atoms in total. The summed E-state index contributed by atoms with van der Waals surface area (Å²) >= 11 is 0. The van der Waals surface area contributed by atoms with Crippen LogP contribution in [0.3, 0.4) is 0 Å². The van der Waals surface area contributed by atoms with Crippen molar-refractivity contribution < 1.29 is 15.0 Å². The van der Waals surface area contributed by atoms with Crippen LogP contribution in [0.25, 0.3) is 0 Å². The molecule has 0 saturated heterocycles. The van der Waals surface area contributed by atoms with E-state index in [2.05, 4.69) is 92.1 Å². The van der Waals surface area contributed by atoms with Gasteiger partial charge in [-0.05, 0) is 70.6 Å². The summed E-state index contributed by atoms with van der Waals surface area (Å²) in [5, 5.41) is 23.1. The lowest BCUT2D eigenvalue weighted by molar-refractivity contribution is -0.123. The Kier molecular flexibility index (Phi) is 53.8. The molecule has 65 heavy (non-hydrogen) atoms. The van der Waals surface area contributed by atoms with Crippen LogP contribution in [0, 0.1) is 0 Å². The molecule has 0 aromatic heterocycles. The third kappa shape index (κ3) is 52.4. The highest BCUT2D eigenvalue weighted by Crippen LogP contribution is 2.16. The summed E-state index contributed by atoms with van der Waals surface area (Å²) in [6, 6.07) is -0.623. The number of aliphatic hydroxyl groups is 2. The van der Waals surface area contributed by atoms with Crippen molar-refractivity contribution in [2.24, 2.45) is 0 Å². The zero-order chi connectivity index (χ0) is 47.0. The summed E-state index contributed by atoms with van der Waals surface area (Å²) in [6.45, 7) is 4.20. The van der Waals surface area contributed by atoms with Gasteiger partial charge in [-0.2, -0.15) is 0 Å². The minimum Gasteiger partial charge on any atom is -0.394 e. The summed E-state index contributed by atoms with van der Waals surface area (Å²) < 4.78 is 0. The first kappa shape index (κ1) is 62.6. The van der Waals surface area contributed by atoms with Gasteiger partial charge >= 0.3 is 0 Å². The first-order valence-corrected chi connectivity index (χ1v) is 28.3. The van der Waals surface area contributed by atoms with E-state index in [0.717, 1.165) is 64.2 Å². The fourth-order valence-electron chi connectivity index (χ4n) is 8.36. The van der Waals surface area contributed by atoms with Crippen LogP contribution in [0.5, 0.6) is 0 Å². The lowest BCUT2D eigenvalue weighted by atomic mass is 10.0. The van der Waals surface area contributed by atoms with E-state index in [4.69, 9.17) is 0 Å². The van der Waals surface area contributed by atoms with E-state index in [0.29, 0.717) is 6.42 Å². The van der Waals surface area contributed by atoms with Gasteiger partial charge < -0.3 is 15.5 Å². The molecule has 0 radical (unpaired) electrons. The van der Waals surface area contributed by atoms with Gasteiger partial charge in [0, 0.05) is 6.42 Å². The van der Waals surface area contributed by atoms with Gasteiger partial charge in [-0.25, -0.2) is 0 Å². The van der Waals surface area contributed by atoms with Crippen molar-refractivity contribution >= 4 is 5.91 Å². The number of carbonyl (C=O) groups is 1. The van der Waals surface area contributed by atoms with Crippen molar-refractivity contribution in [2.75, 3.05) is 6.61 Å². The summed E-state index contributed by atoms with van der Waals surface area (Å²) in [6.07, 6.45) is 81.8. The van der Waals surface area contributed by atoms with Crippen molar-refractivity contribution in [3.05, 3.63) is 85.1 Å². The molecule has 2 atom stereocenters. The van der Waals surface area contributed by atoms with E-state index in [1.54, 1.807) is 6.08 Å². The summed E-state index contributed by atoms with van der Waals surface area (Å²) in [7, 11) is 0. The zero-order valence-corrected chi connectivity index (χ0v) is 43.2. The first-order chi connectivity index (χ1) is 32.2. The van der Waals surface area contributed by atoms with Crippen LogP contribution < -0.4 is 5.32 Å². The predicted molar refractivity (Wildman–Crippen MR) is 290 cm³/mol. The number of rotatable bonds is 51. The maximum absolute atomic E-state index is 12.4. The Labute approximate surface area is 405 Å². The Morgan fingerprint density at radius 1 is 0.385 bits per heavy atom. The zero-order valence-electron chi connectivity index (χ0n) is 43.2. The Morgan fingerprint density at radius 3 is 1.02 bits per heavy atom. The summed E-state index contributed by atoms with van der Waals surface area (Å²) in [5.74, 6) is -0.0628.